The lowest BCUT2D eigenvalue weighted by Gasteiger charge is -2.15. The Hall–Kier alpha value is -1.13. The second kappa shape index (κ2) is 4.80. The number of nitro groups is 1. The van der Waals surface area contributed by atoms with Gasteiger partial charge in [0.2, 0.25) is 6.54 Å². The van der Waals surface area contributed by atoms with Crippen molar-refractivity contribution < 1.29 is 9.66 Å². The maximum absolute atomic E-state index is 10.5. The minimum absolute atomic E-state index is 0.00245. The first-order valence-corrected chi connectivity index (χ1v) is 5.63. The van der Waals surface area contributed by atoms with Gasteiger partial charge in [-0.25, -0.2) is 4.99 Å². The Kier molecular flexibility index (Phi) is 3.88. The molecule has 1 atom stereocenters. The molecule has 1 heterocycles. The van der Waals surface area contributed by atoms with Crippen molar-refractivity contribution in [3.8, 4) is 0 Å². The first-order valence-electron chi connectivity index (χ1n) is 5.63. The van der Waals surface area contributed by atoms with Crippen molar-refractivity contribution in [1.82, 2.24) is 0 Å². The van der Waals surface area contributed by atoms with Crippen molar-refractivity contribution in [2.24, 2.45) is 16.8 Å². The molecule has 1 unspecified atom stereocenters. The van der Waals surface area contributed by atoms with Gasteiger partial charge in [-0.3, -0.25) is 10.1 Å². The SMILES string of the molecule is CC(C)C(CC1=NC(C)(C)CO1)C[N+](=O)[O-]. The molecule has 1 aliphatic rings. The van der Waals surface area contributed by atoms with Gasteiger partial charge >= 0.3 is 0 Å². The van der Waals surface area contributed by atoms with Crippen LogP contribution in [0.2, 0.25) is 0 Å². The molecule has 0 saturated heterocycles. The summed E-state index contributed by atoms with van der Waals surface area (Å²) in [5.41, 5.74) is -0.175. The van der Waals surface area contributed by atoms with Crippen molar-refractivity contribution >= 4 is 5.90 Å². The van der Waals surface area contributed by atoms with Crippen LogP contribution in [-0.2, 0) is 4.74 Å². The highest BCUT2D eigenvalue weighted by Gasteiger charge is 2.30. The Bertz CT molecular complexity index is 298. The fourth-order valence-corrected chi connectivity index (χ4v) is 1.69. The van der Waals surface area contributed by atoms with Crippen LogP contribution in [0.4, 0.5) is 0 Å². The third-order valence-corrected chi connectivity index (χ3v) is 2.78. The lowest BCUT2D eigenvalue weighted by Crippen LogP contribution is -2.22. The van der Waals surface area contributed by atoms with E-state index < -0.39 is 0 Å². The molecule has 0 saturated carbocycles. The molecule has 0 aromatic carbocycles. The maximum atomic E-state index is 10.5. The van der Waals surface area contributed by atoms with E-state index in [9.17, 15) is 10.1 Å². The highest BCUT2D eigenvalue weighted by molar-refractivity contribution is 5.78. The number of nitrogens with zero attached hydrogens (tertiary/aromatic N) is 2. The van der Waals surface area contributed by atoms with Crippen molar-refractivity contribution in [1.29, 1.82) is 0 Å². The minimum atomic E-state index is -0.259. The topological polar surface area (TPSA) is 64.7 Å². The second-order valence-electron chi connectivity index (χ2n) is 5.33. The minimum Gasteiger partial charge on any atom is -0.478 e. The van der Waals surface area contributed by atoms with Gasteiger partial charge in [-0.1, -0.05) is 13.8 Å². The number of hydrogen-bond donors (Lipinski definition) is 0. The van der Waals surface area contributed by atoms with Gasteiger partial charge in [0, 0.05) is 17.3 Å². The molecule has 5 heteroatoms. The zero-order chi connectivity index (χ0) is 12.3. The van der Waals surface area contributed by atoms with E-state index in [1.165, 1.54) is 0 Å². The van der Waals surface area contributed by atoms with Crippen LogP contribution in [0.3, 0.4) is 0 Å². The molecule has 1 rings (SSSR count). The quantitative estimate of drug-likeness (QED) is 0.535. The Morgan fingerprint density at radius 3 is 2.56 bits per heavy atom. The molecule has 0 aromatic heterocycles. The molecule has 16 heavy (non-hydrogen) atoms. The predicted molar refractivity (Wildman–Crippen MR) is 62.3 cm³/mol. The Balaban J connectivity index is 2.59. The van der Waals surface area contributed by atoms with E-state index in [-0.39, 0.29) is 28.8 Å². The van der Waals surface area contributed by atoms with Gasteiger partial charge in [0.25, 0.3) is 0 Å². The maximum Gasteiger partial charge on any atom is 0.207 e. The first-order chi connectivity index (χ1) is 7.30. The summed E-state index contributed by atoms with van der Waals surface area (Å²) in [5.74, 6) is 0.939. The van der Waals surface area contributed by atoms with Gasteiger partial charge in [0.1, 0.15) is 6.61 Å². The van der Waals surface area contributed by atoms with Gasteiger partial charge < -0.3 is 4.74 Å². The zero-order valence-electron chi connectivity index (χ0n) is 10.4. The summed E-state index contributed by atoms with van der Waals surface area (Å²) in [5, 5.41) is 10.5. The van der Waals surface area contributed by atoms with Gasteiger partial charge in [0.15, 0.2) is 5.90 Å². The smallest absolute Gasteiger partial charge is 0.207 e. The molecule has 0 spiro atoms. The average Bonchev–Trinajstić information content (AvgIpc) is 2.43. The molecular weight excluding hydrogens is 208 g/mol. The second-order valence-corrected chi connectivity index (χ2v) is 5.33. The van der Waals surface area contributed by atoms with Crippen LogP contribution in [0.15, 0.2) is 4.99 Å². The number of rotatable bonds is 5. The summed E-state index contributed by atoms with van der Waals surface area (Å²) in [7, 11) is 0. The molecule has 92 valence electrons. The fourth-order valence-electron chi connectivity index (χ4n) is 1.69. The highest BCUT2D eigenvalue weighted by atomic mass is 16.6. The summed E-state index contributed by atoms with van der Waals surface area (Å²) in [6, 6.07) is 0. The number of hydrogen-bond acceptors (Lipinski definition) is 4. The molecular formula is C11H20N2O3. The van der Waals surface area contributed by atoms with Gasteiger partial charge in [-0.15, -0.1) is 0 Å². The van der Waals surface area contributed by atoms with Gasteiger partial charge in [-0.05, 0) is 19.8 Å². The van der Waals surface area contributed by atoms with Crippen molar-refractivity contribution in [3.63, 3.8) is 0 Å². The molecule has 0 fully saturated rings. The van der Waals surface area contributed by atoms with E-state index in [1.807, 2.05) is 27.7 Å². The molecule has 0 radical (unpaired) electrons. The molecule has 1 aliphatic heterocycles. The third-order valence-electron chi connectivity index (χ3n) is 2.78. The summed E-state index contributed by atoms with van der Waals surface area (Å²) >= 11 is 0. The van der Waals surface area contributed by atoms with Crippen molar-refractivity contribution in [3.05, 3.63) is 10.1 Å². The lowest BCUT2D eigenvalue weighted by atomic mass is 9.92. The van der Waals surface area contributed by atoms with Crippen LogP contribution >= 0.6 is 0 Å². The van der Waals surface area contributed by atoms with Crippen LogP contribution in [0.5, 0.6) is 0 Å². The monoisotopic (exact) mass is 228 g/mol. The van der Waals surface area contributed by atoms with Crippen LogP contribution in [-0.4, -0.2) is 29.5 Å². The van der Waals surface area contributed by atoms with E-state index >= 15 is 0 Å². The molecule has 0 aliphatic carbocycles. The standard InChI is InChI=1S/C11H20N2O3/c1-8(2)9(6-13(14)15)5-10-12-11(3,4)7-16-10/h8-9H,5-7H2,1-4H3. The summed E-state index contributed by atoms with van der Waals surface area (Å²) < 4.78 is 5.46. The zero-order valence-corrected chi connectivity index (χ0v) is 10.4. The van der Waals surface area contributed by atoms with Crippen LogP contribution < -0.4 is 0 Å². The summed E-state index contributed by atoms with van der Waals surface area (Å²) in [6.07, 6.45) is 0.572. The summed E-state index contributed by atoms with van der Waals surface area (Å²) in [4.78, 5) is 14.7. The van der Waals surface area contributed by atoms with Crippen LogP contribution in [0.25, 0.3) is 0 Å². The summed E-state index contributed by atoms with van der Waals surface area (Å²) in [6.45, 7) is 8.55. The van der Waals surface area contributed by atoms with E-state index in [0.717, 1.165) is 0 Å². The highest BCUT2D eigenvalue weighted by Crippen LogP contribution is 2.23. The molecule has 0 amide bonds. The van der Waals surface area contributed by atoms with E-state index in [0.29, 0.717) is 18.9 Å². The van der Waals surface area contributed by atoms with Gasteiger partial charge in [-0.2, -0.15) is 0 Å². The number of aliphatic imine (C=N–C) groups is 1. The van der Waals surface area contributed by atoms with E-state index in [1.54, 1.807) is 0 Å². The van der Waals surface area contributed by atoms with E-state index in [2.05, 4.69) is 4.99 Å². The Labute approximate surface area is 96.0 Å². The van der Waals surface area contributed by atoms with Crippen LogP contribution in [0, 0.1) is 22.0 Å². The van der Waals surface area contributed by atoms with Gasteiger partial charge in [0.05, 0.1) is 5.54 Å². The van der Waals surface area contributed by atoms with Crippen molar-refractivity contribution in [2.75, 3.05) is 13.2 Å². The fraction of sp³-hybridized carbons (Fsp3) is 0.909. The third kappa shape index (κ3) is 3.79. The number of ether oxygens (including phenoxy) is 1. The Morgan fingerprint density at radius 1 is 1.56 bits per heavy atom. The molecule has 0 bridgehead atoms. The van der Waals surface area contributed by atoms with Crippen molar-refractivity contribution in [2.45, 2.75) is 39.7 Å². The average molecular weight is 228 g/mol. The molecule has 5 nitrogen and oxygen atoms in total. The first kappa shape index (κ1) is 12.9. The normalized spacial score (nSPS) is 20.4. The van der Waals surface area contributed by atoms with Crippen LogP contribution in [0.1, 0.15) is 34.1 Å². The predicted octanol–water partition coefficient (Wildman–Crippen LogP) is 2.13. The van der Waals surface area contributed by atoms with E-state index in [4.69, 9.17) is 4.74 Å². The lowest BCUT2D eigenvalue weighted by molar-refractivity contribution is -0.489. The molecule has 0 N–H and O–H groups in total. The largest absolute Gasteiger partial charge is 0.478 e. The molecule has 0 aromatic rings. The Morgan fingerprint density at radius 2 is 2.19 bits per heavy atom.